The molecule has 0 saturated heterocycles. The van der Waals surface area contributed by atoms with Crippen molar-refractivity contribution >= 4 is 16.8 Å². The Labute approximate surface area is 178 Å². The third-order valence-electron chi connectivity index (χ3n) is 5.32. The molecular weight excluding hydrogens is 394 g/mol. The van der Waals surface area contributed by atoms with Gasteiger partial charge in [-0.25, -0.2) is 4.79 Å². The number of para-hydroxylation sites is 1. The van der Waals surface area contributed by atoms with Crippen LogP contribution in [-0.4, -0.2) is 15.0 Å². The van der Waals surface area contributed by atoms with Crippen molar-refractivity contribution in [2.45, 2.75) is 33.0 Å². The van der Waals surface area contributed by atoms with E-state index in [0.717, 1.165) is 15.7 Å². The van der Waals surface area contributed by atoms with Crippen LogP contribution in [0.1, 0.15) is 23.3 Å². The molecule has 2 aromatic heterocycles. The molecule has 4 aromatic rings. The molecule has 0 atom stereocenters. The summed E-state index contributed by atoms with van der Waals surface area (Å²) in [5.74, 6) is 0.373. The number of benzene rings is 2. The molecule has 31 heavy (non-hydrogen) atoms. The first-order valence-electron chi connectivity index (χ1n) is 10.1. The Hall–Kier alpha value is -3.87. The molecule has 0 fully saturated rings. The van der Waals surface area contributed by atoms with Crippen molar-refractivity contribution in [3.63, 3.8) is 0 Å². The van der Waals surface area contributed by atoms with Crippen LogP contribution in [-0.2, 0) is 24.4 Å². The number of nitrogens with zero attached hydrogens (tertiary/aromatic N) is 2. The second-order valence-corrected chi connectivity index (χ2v) is 7.38. The third-order valence-corrected chi connectivity index (χ3v) is 5.32. The summed E-state index contributed by atoms with van der Waals surface area (Å²) in [7, 11) is 0. The Kier molecular flexibility index (Phi) is 5.84. The number of carbonyl (C=O) groups is 1. The number of aromatic nitrogens is 2. The van der Waals surface area contributed by atoms with Crippen LogP contribution in [0.15, 0.2) is 80.9 Å². The Morgan fingerprint density at radius 1 is 0.968 bits per heavy atom. The lowest BCUT2D eigenvalue weighted by atomic mass is 10.1. The van der Waals surface area contributed by atoms with Gasteiger partial charge in [-0.2, -0.15) is 0 Å². The molecule has 1 amide bonds. The number of nitrogens with one attached hydrogen (secondary N) is 1. The van der Waals surface area contributed by atoms with E-state index in [1.54, 1.807) is 34.9 Å². The SMILES string of the molecule is Cc1ccccc1Cn1c(=O)n(CCC(=O)NCc2ccco2)c(=O)c2ccccc21. The number of hydrogen-bond donors (Lipinski definition) is 1. The van der Waals surface area contributed by atoms with E-state index in [1.807, 2.05) is 37.3 Å². The van der Waals surface area contributed by atoms with Crippen molar-refractivity contribution in [3.8, 4) is 0 Å². The van der Waals surface area contributed by atoms with Gasteiger partial charge in [0.05, 0.1) is 30.3 Å². The van der Waals surface area contributed by atoms with Gasteiger partial charge in [-0.05, 0) is 42.3 Å². The number of furan rings is 1. The summed E-state index contributed by atoms with van der Waals surface area (Å²) in [6.45, 7) is 2.59. The maximum Gasteiger partial charge on any atom is 0.331 e. The van der Waals surface area contributed by atoms with E-state index >= 15 is 0 Å². The van der Waals surface area contributed by atoms with Gasteiger partial charge in [0.25, 0.3) is 5.56 Å². The highest BCUT2D eigenvalue weighted by molar-refractivity contribution is 5.78. The van der Waals surface area contributed by atoms with E-state index in [9.17, 15) is 14.4 Å². The van der Waals surface area contributed by atoms with Gasteiger partial charge in [-0.1, -0.05) is 36.4 Å². The molecule has 0 unspecified atom stereocenters. The monoisotopic (exact) mass is 417 g/mol. The number of aryl methyl sites for hydroxylation is 1. The molecule has 0 saturated carbocycles. The largest absolute Gasteiger partial charge is 0.467 e. The van der Waals surface area contributed by atoms with Crippen molar-refractivity contribution < 1.29 is 9.21 Å². The first kappa shape index (κ1) is 20.4. The summed E-state index contributed by atoms with van der Waals surface area (Å²) < 4.78 is 7.93. The van der Waals surface area contributed by atoms with Crippen LogP contribution in [0, 0.1) is 6.92 Å². The molecule has 2 aromatic carbocycles. The Balaban J connectivity index is 1.64. The predicted molar refractivity (Wildman–Crippen MR) is 118 cm³/mol. The van der Waals surface area contributed by atoms with Gasteiger partial charge in [-0.15, -0.1) is 0 Å². The van der Waals surface area contributed by atoms with E-state index in [0.29, 0.717) is 23.2 Å². The molecule has 1 N–H and O–H groups in total. The second-order valence-electron chi connectivity index (χ2n) is 7.38. The highest BCUT2D eigenvalue weighted by atomic mass is 16.3. The molecule has 0 aliphatic heterocycles. The number of carbonyl (C=O) groups excluding carboxylic acids is 1. The van der Waals surface area contributed by atoms with Crippen molar-refractivity contribution in [3.05, 3.63) is 105 Å². The summed E-state index contributed by atoms with van der Waals surface area (Å²) >= 11 is 0. The summed E-state index contributed by atoms with van der Waals surface area (Å²) in [5.41, 5.74) is 1.83. The Morgan fingerprint density at radius 3 is 2.52 bits per heavy atom. The zero-order valence-corrected chi connectivity index (χ0v) is 17.2. The zero-order valence-electron chi connectivity index (χ0n) is 17.2. The lowest BCUT2D eigenvalue weighted by Gasteiger charge is -2.15. The lowest BCUT2D eigenvalue weighted by Crippen LogP contribution is -2.41. The molecule has 0 radical (unpaired) electrons. The van der Waals surface area contributed by atoms with Crippen LogP contribution in [0.4, 0.5) is 0 Å². The van der Waals surface area contributed by atoms with E-state index in [1.165, 1.54) is 6.26 Å². The summed E-state index contributed by atoms with van der Waals surface area (Å²) in [4.78, 5) is 38.5. The minimum atomic E-state index is -0.425. The molecule has 4 rings (SSSR count). The van der Waals surface area contributed by atoms with Crippen molar-refractivity contribution in [1.82, 2.24) is 14.5 Å². The average molecular weight is 417 g/mol. The molecule has 0 aliphatic rings. The number of fused-ring (bicyclic) bond motifs is 1. The van der Waals surface area contributed by atoms with Gasteiger partial charge in [-0.3, -0.25) is 18.7 Å². The minimum Gasteiger partial charge on any atom is -0.467 e. The molecule has 0 bridgehead atoms. The zero-order chi connectivity index (χ0) is 21.8. The van der Waals surface area contributed by atoms with Crippen LogP contribution in [0.2, 0.25) is 0 Å². The topological polar surface area (TPSA) is 86.2 Å². The Bertz CT molecular complexity index is 1330. The van der Waals surface area contributed by atoms with Crippen molar-refractivity contribution in [1.29, 1.82) is 0 Å². The molecular formula is C24H23N3O4. The normalized spacial score (nSPS) is 11.0. The van der Waals surface area contributed by atoms with Crippen LogP contribution in [0.25, 0.3) is 10.9 Å². The number of hydrogen-bond acceptors (Lipinski definition) is 4. The van der Waals surface area contributed by atoms with Gasteiger partial charge in [0, 0.05) is 13.0 Å². The van der Waals surface area contributed by atoms with Crippen molar-refractivity contribution in [2.24, 2.45) is 0 Å². The van der Waals surface area contributed by atoms with E-state index in [2.05, 4.69) is 5.32 Å². The highest BCUT2D eigenvalue weighted by Crippen LogP contribution is 2.13. The van der Waals surface area contributed by atoms with Gasteiger partial charge in [0.15, 0.2) is 0 Å². The number of rotatable bonds is 7. The Morgan fingerprint density at radius 2 is 1.74 bits per heavy atom. The van der Waals surface area contributed by atoms with E-state index < -0.39 is 5.69 Å². The fourth-order valence-corrected chi connectivity index (χ4v) is 3.58. The fraction of sp³-hybridized carbons (Fsp3) is 0.208. The van der Waals surface area contributed by atoms with E-state index in [-0.39, 0.29) is 31.0 Å². The van der Waals surface area contributed by atoms with Crippen molar-refractivity contribution in [2.75, 3.05) is 0 Å². The van der Waals surface area contributed by atoms with Gasteiger partial charge in [0.1, 0.15) is 5.76 Å². The maximum absolute atomic E-state index is 13.3. The average Bonchev–Trinajstić information content (AvgIpc) is 3.30. The molecule has 158 valence electrons. The molecule has 7 heteroatoms. The molecule has 0 aliphatic carbocycles. The van der Waals surface area contributed by atoms with Crippen LogP contribution >= 0.6 is 0 Å². The predicted octanol–water partition coefficient (Wildman–Crippen LogP) is 2.82. The van der Waals surface area contributed by atoms with E-state index in [4.69, 9.17) is 4.42 Å². The molecule has 0 spiro atoms. The third kappa shape index (κ3) is 4.35. The summed E-state index contributed by atoms with van der Waals surface area (Å²) in [5, 5.41) is 3.19. The summed E-state index contributed by atoms with van der Waals surface area (Å²) in [6, 6.07) is 18.4. The highest BCUT2D eigenvalue weighted by Gasteiger charge is 2.15. The van der Waals surface area contributed by atoms with Gasteiger partial charge >= 0.3 is 5.69 Å². The second kappa shape index (κ2) is 8.87. The van der Waals surface area contributed by atoms with Gasteiger partial charge in [0.2, 0.25) is 5.91 Å². The molecule has 7 nitrogen and oxygen atoms in total. The first-order chi connectivity index (χ1) is 15.0. The fourth-order valence-electron chi connectivity index (χ4n) is 3.58. The summed E-state index contributed by atoms with van der Waals surface area (Å²) in [6.07, 6.45) is 1.55. The number of amides is 1. The minimum absolute atomic E-state index is 0.000259. The van der Waals surface area contributed by atoms with Crippen LogP contribution in [0.5, 0.6) is 0 Å². The standard InChI is InChI=1S/C24H23N3O4/c1-17-7-2-3-8-18(17)16-27-21-11-5-4-10-20(21)23(29)26(24(27)30)13-12-22(28)25-15-19-9-6-14-31-19/h2-11,14H,12-13,15-16H2,1H3,(H,25,28). The lowest BCUT2D eigenvalue weighted by molar-refractivity contribution is -0.121. The van der Waals surface area contributed by atoms with Crippen LogP contribution < -0.4 is 16.6 Å². The van der Waals surface area contributed by atoms with Gasteiger partial charge < -0.3 is 9.73 Å². The molecule has 2 heterocycles. The van der Waals surface area contributed by atoms with Crippen LogP contribution in [0.3, 0.4) is 0 Å². The quantitative estimate of drug-likeness (QED) is 0.501. The maximum atomic E-state index is 13.3. The first-order valence-corrected chi connectivity index (χ1v) is 10.1. The smallest absolute Gasteiger partial charge is 0.331 e.